The number of benzene rings is 4. The summed E-state index contributed by atoms with van der Waals surface area (Å²) in [7, 11) is 0. The molecule has 0 atom stereocenters. The lowest BCUT2D eigenvalue weighted by atomic mass is 9.85. The second kappa shape index (κ2) is 10.8. The number of hydrogen-bond acceptors (Lipinski definition) is 4. The minimum Gasteiger partial charge on any atom is -0.488 e. The van der Waals surface area contributed by atoms with Gasteiger partial charge in [-0.1, -0.05) is 103 Å². The largest absolute Gasteiger partial charge is 0.488 e. The molecule has 0 aromatic heterocycles. The minimum atomic E-state index is -1.90. The van der Waals surface area contributed by atoms with Gasteiger partial charge in [-0.2, -0.15) is 5.10 Å². The number of para-hydroxylation sites is 1. The number of ether oxygens (including phenoxy) is 1. The molecule has 4 aromatic carbocycles. The summed E-state index contributed by atoms with van der Waals surface area (Å²) in [5.41, 5.74) is 2.99. The van der Waals surface area contributed by atoms with E-state index in [2.05, 4.69) is 10.5 Å². The quantitative estimate of drug-likeness (QED) is 0.271. The van der Waals surface area contributed by atoms with Crippen LogP contribution in [0.4, 0.5) is 0 Å². The Balaban J connectivity index is 1.52. The van der Waals surface area contributed by atoms with Gasteiger partial charge in [0.2, 0.25) is 0 Å². The molecule has 2 N–H and O–H groups in total. The van der Waals surface area contributed by atoms with Crippen LogP contribution in [0.15, 0.2) is 114 Å². The highest BCUT2D eigenvalue weighted by Gasteiger charge is 2.39. The third kappa shape index (κ3) is 5.17. The first-order valence-electron chi connectivity index (χ1n) is 10.7. The van der Waals surface area contributed by atoms with E-state index in [0.717, 1.165) is 5.56 Å². The van der Waals surface area contributed by atoms with Crippen molar-refractivity contribution in [2.24, 2.45) is 5.10 Å². The molecule has 0 aliphatic carbocycles. The molecule has 0 heterocycles. The van der Waals surface area contributed by atoms with Crippen LogP contribution in [0.5, 0.6) is 5.75 Å². The maximum absolute atomic E-state index is 13.2. The molecule has 0 spiro atoms. The third-order valence-corrected chi connectivity index (χ3v) is 5.71. The monoisotopic (exact) mass is 470 g/mol. The highest BCUT2D eigenvalue weighted by Crippen LogP contribution is 2.30. The number of halogens is 1. The maximum atomic E-state index is 13.2. The highest BCUT2D eigenvalue weighted by molar-refractivity contribution is 6.31. The molecule has 0 fully saturated rings. The predicted molar refractivity (Wildman–Crippen MR) is 134 cm³/mol. The summed E-state index contributed by atoms with van der Waals surface area (Å²) in [5, 5.41) is 16.2. The van der Waals surface area contributed by atoms with Crippen molar-refractivity contribution in [3.8, 4) is 5.75 Å². The normalized spacial score (nSPS) is 11.4. The van der Waals surface area contributed by atoms with Crippen molar-refractivity contribution in [3.05, 3.63) is 136 Å². The Kier molecular flexibility index (Phi) is 7.38. The summed E-state index contributed by atoms with van der Waals surface area (Å²) in [6, 6.07) is 32.3. The van der Waals surface area contributed by atoms with Crippen molar-refractivity contribution in [2.75, 3.05) is 0 Å². The second-order valence-corrected chi connectivity index (χ2v) is 7.97. The number of amides is 1. The van der Waals surface area contributed by atoms with E-state index in [1.165, 1.54) is 6.21 Å². The van der Waals surface area contributed by atoms with E-state index in [4.69, 9.17) is 16.3 Å². The van der Waals surface area contributed by atoms with Gasteiger partial charge in [0.1, 0.15) is 12.4 Å². The van der Waals surface area contributed by atoms with Crippen LogP contribution in [0.1, 0.15) is 22.3 Å². The molecule has 0 radical (unpaired) electrons. The van der Waals surface area contributed by atoms with E-state index >= 15 is 0 Å². The van der Waals surface area contributed by atoms with Gasteiger partial charge in [-0.3, -0.25) is 4.79 Å². The minimum absolute atomic E-state index is 0.290. The molecule has 170 valence electrons. The summed E-state index contributed by atoms with van der Waals surface area (Å²) < 4.78 is 5.93. The molecular formula is C28H23ClN2O3. The van der Waals surface area contributed by atoms with Crippen LogP contribution in [0, 0.1) is 0 Å². The Labute approximate surface area is 203 Å². The van der Waals surface area contributed by atoms with Crippen molar-refractivity contribution in [3.63, 3.8) is 0 Å². The van der Waals surface area contributed by atoms with Crippen molar-refractivity contribution in [2.45, 2.75) is 12.2 Å². The molecule has 0 saturated heterocycles. The Bertz CT molecular complexity index is 1240. The van der Waals surface area contributed by atoms with Crippen molar-refractivity contribution < 1.29 is 14.6 Å². The van der Waals surface area contributed by atoms with Crippen LogP contribution >= 0.6 is 11.6 Å². The zero-order chi connectivity index (χ0) is 23.8. The molecule has 0 unspecified atom stereocenters. The topological polar surface area (TPSA) is 70.9 Å². The maximum Gasteiger partial charge on any atom is 0.281 e. The molecule has 0 aliphatic heterocycles. The van der Waals surface area contributed by atoms with Crippen molar-refractivity contribution >= 4 is 23.7 Å². The van der Waals surface area contributed by atoms with E-state index in [1.54, 1.807) is 48.5 Å². The van der Waals surface area contributed by atoms with Crippen LogP contribution in [-0.2, 0) is 17.0 Å². The average Bonchev–Trinajstić information content (AvgIpc) is 2.89. The first kappa shape index (κ1) is 23.2. The highest BCUT2D eigenvalue weighted by atomic mass is 35.5. The molecule has 34 heavy (non-hydrogen) atoms. The smallest absolute Gasteiger partial charge is 0.281 e. The second-order valence-electron chi connectivity index (χ2n) is 7.56. The van der Waals surface area contributed by atoms with Crippen LogP contribution in [-0.4, -0.2) is 17.2 Å². The number of nitrogens with one attached hydrogen (secondary N) is 1. The van der Waals surface area contributed by atoms with Crippen LogP contribution in [0.2, 0.25) is 5.02 Å². The van der Waals surface area contributed by atoms with Crippen LogP contribution < -0.4 is 10.2 Å². The van der Waals surface area contributed by atoms with Gasteiger partial charge in [0, 0.05) is 16.1 Å². The van der Waals surface area contributed by atoms with E-state index in [-0.39, 0.29) is 0 Å². The molecular weight excluding hydrogens is 448 g/mol. The van der Waals surface area contributed by atoms with Gasteiger partial charge in [-0.25, -0.2) is 5.43 Å². The van der Waals surface area contributed by atoms with Crippen molar-refractivity contribution in [1.82, 2.24) is 5.43 Å². The Morgan fingerprint density at radius 3 is 2.06 bits per heavy atom. The summed E-state index contributed by atoms with van der Waals surface area (Å²) >= 11 is 6.21. The number of nitrogens with zero attached hydrogens (tertiary/aromatic N) is 1. The molecule has 0 bridgehead atoms. The number of aliphatic hydroxyl groups is 1. The number of carbonyl (C=O) groups excluding carboxylic acids is 1. The Morgan fingerprint density at radius 1 is 0.853 bits per heavy atom. The van der Waals surface area contributed by atoms with Gasteiger partial charge >= 0.3 is 0 Å². The average molecular weight is 471 g/mol. The zero-order valence-electron chi connectivity index (χ0n) is 18.3. The van der Waals surface area contributed by atoms with E-state index in [0.29, 0.717) is 34.1 Å². The Morgan fingerprint density at radius 2 is 1.41 bits per heavy atom. The van der Waals surface area contributed by atoms with E-state index < -0.39 is 11.5 Å². The Hall–Kier alpha value is -3.93. The lowest BCUT2D eigenvalue weighted by molar-refractivity contribution is -0.136. The fraction of sp³-hybridized carbons (Fsp3) is 0.0714. The van der Waals surface area contributed by atoms with E-state index in [1.807, 2.05) is 60.7 Å². The van der Waals surface area contributed by atoms with Crippen LogP contribution in [0.3, 0.4) is 0 Å². The van der Waals surface area contributed by atoms with Gasteiger partial charge in [-0.05, 0) is 29.3 Å². The zero-order valence-corrected chi connectivity index (χ0v) is 19.0. The summed E-state index contributed by atoms with van der Waals surface area (Å²) in [4.78, 5) is 13.2. The lowest BCUT2D eigenvalue weighted by Gasteiger charge is -2.27. The fourth-order valence-corrected chi connectivity index (χ4v) is 3.71. The van der Waals surface area contributed by atoms with Gasteiger partial charge in [0.15, 0.2) is 5.60 Å². The van der Waals surface area contributed by atoms with Gasteiger partial charge in [-0.15, -0.1) is 0 Å². The number of hydrazone groups is 1. The fourth-order valence-electron chi connectivity index (χ4n) is 3.52. The predicted octanol–water partition coefficient (Wildman–Crippen LogP) is 5.31. The molecule has 4 aromatic rings. The summed E-state index contributed by atoms with van der Waals surface area (Å²) in [5.74, 6) is -0.0857. The number of hydrogen-bond donors (Lipinski definition) is 2. The van der Waals surface area contributed by atoms with Crippen LogP contribution in [0.25, 0.3) is 0 Å². The van der Waals surface area contributed by atoms with Gasteiger partial charge in [0.25, 0.3) is 5.91 Å². The summed E-state index contributed by atoms with van der Waals surface area (Å²) in [6.07, 6.45) is 1.48. The molecule has 5 nitrogen and oxygen atoms in total. The molecule has 0 saturated carbocycles. The van der Waals surface area contributed by atoms with E-state index in [9.17, 15) is 9.90 Å². The first-order chi connectivity index (χ1) is 16.6. The van der Waals surface area contributed by atoms with Crippen molar-refractivity contribution in [1.29, 1.82) is 0 Å². The molecule has 4 rings (SSSR count). The molecule has 6 heteroatoms. The molecule has 0 aliphatic rings. The lowest BCUT2D eigenvalue weighted by Crippen LogP contribution is -2.43. The number of carbonyl (C=O) groups is 1. The number of rotatable bonds is 8. The SMILES string of the molecule is O=C(N/N=C\c1ccccc1OCc1ccccc1Cl)C(O)(c1ccccc1)c1ccccc1. The van der Waals surface area contributed by atoms with Gasteiger partial charge in [0.05, 0.1) is 6.21 Å². The first-order valence-corrected chi connectivity index (χ1v) is 11.1. The van der Waals surface area contributed by atoms with Gasteiger partial charge < -0.3 is 9.84 Å². The molecule has 1 amide bonds. The third-order valence-electron chi connectivity index (χ3n) is 5.34. The standard InChI is InChI=1S/C28H23ClN2O3/c29-25-17-9-7-12-22(25)20-34-26-18-10-8-11-21(26)19-30-31-27(32)28(33,23-13-3-1-4-14-23)24-15-5-2-6-16-24/h1-19,33H,20H2,(H,31,32)/b30-19-. The summed E-state index contributed by atoms with van der Waals surface area (Å²) in [6.45, 7) is 0.290.